The zero-order valence-electron chi connectivity index (χ0n) is 11.9. The second-order valence-corrected chi connectivity index (χ2v) is 4.56. The monoisotopic (exact) mass is 296 g/mol. The number of anilines is 2. The molecule has 0 atom stereocenters. The third kappa shape index (κ3) is 4.58. The lowest BCUT2D eigenvalue weighted by molar-refractivity contribution is -0.110. The number of hydrazine groups is 1. The van der Waals surface area contributed by atoms with Crippen LogP contribution in [0.25, 0.3) is 0 Å². The highest BCUT2D eigenvalue weighted by Crippen LogP contribution is 2.30. The number of benzene rings is 1. The van der Waals surface area contributed by atoms with Crippen molar-refractivity contribution in [1.29, 1.82) is 0 Å². The molecule has 0 heterocycles. The quantitative estimate of drug-likeness (QED) is 0.402. The van der Waals surface area contributed by atoms with Crippen molar-refractivity contribution in [3.8, 4) is 5.75 Å². The van der Waals surface area contributed by atoms with Gasteiger partial charge in [-0.05, 0) is 36.8 Å². The van der Waals surface area contributed by atoms with Gasteiger partial charge in [-0.15, -0.1) is 0 Å². The van der Waals surface area contributed by atoms with E-state index in [9.17, 15) is 4.79 Å². The average Bonchev–Trinajstić information content (AvgIpc) is 2.45. The van der Waals surface area contributed by atoms with Crippen molar-refractivity contribution in [3.63, 3.8) is 0 Å². The Morgan fingerprint density at radius 1 is 1.50 bits per heavy atom. The maximum atomic E-state index is 10.2. The first-order chi connectivity index (χ1) is 9.62. The largest absolute Gasteiger partial charge is 0.495 e. The molecule has 0 unspecified atom stereocenters. The molecule has 20 heavy (non-hydrogen) atoms. The van der Waals surface area contributed by atoms with Crippen molar-refractivity contribution in [1.82, 2.24) is 10.9 Å². The smallest absolute Gasteiger partial charge is 0.225 e. The van der Waals surface area contributed by atoms with E-state index in [0.717, 1.165) is 30.1 Å². The van der Waals surface area contributed by atoms with Crippen LogP contribution in [0.1, 0.15) is 13.3 Å². The summed E-state index contributed by atoms with van der Waals surface area (Å²) in [5.41, 5.74) is 6.61. The third-order valence-corrected chi connectivity index (χ3v) is 2.86. The fraction of sp³-hybridized carbons (Fsp3) is 0.385. The van der Waals surface area contributed by atoms with E-state index in [1.165, 1.54) is 0 Å². The molecule has 0 bridgehead atoms. The van der Waals surface area contributed by atoms with Crippen LogP contribution in [0.15, 0.2) is 18.2 Å². The maximum Gasteiger partial charge on any atom is 0.225 e. The molecule has 0 spiro atoms. The van der Waals surface area contributed by atoms with E-state index in [1.54, 1.807) is 7.11 Å². The molecule has 0 fully saturated rings. The van der Waals surface area contributed by atoms with E-state index < -0.39 is 0 Å². The van der Waals surface area contributed by atoms with Crippen LogP contribution >= 0.6 is 12.2 Å². The minimum absolute atomic E-state index is 0.311. The highest BCUT2D eigenvalue weighted by atomic mass is 32.1. The van der Waals surface area contributed by atoms with E-state index in [4.69, 9.17) is 17.0 Å². The van der Waals surface area contributed by atoms with E-state index in [0.29, 0.717) is 11.5 Å². The number of nitrogens with zero attached hydrogens (tertiary/aromatic N) is 1. The number of methoxy groups -OCH3 is 1. The van der Waals surface area contributed by atoms with Gasteiger partial charge >= 0.3 is 0 Å². The van der Waals surface area contributed by atoms with E-state index in [1.807, 2.05) is 25.2 Å². The molecule has 0 aliphatic heterocycles. The number of amides is 1. The first kappa shape index (κ1) is 16.0. The SMILES string of the molecule is CCCN(C)c1cc(NC(=S)NNC=O)ccc1OC. The molecule has 0 radical (unpaired) electrons. The number of thiocarbonyl (C=S) groups is 1. The third-order valence-electron chi connectivity index (χ3n) is 2.65. The van der Waals surface area contributed by atoms with Crippen LogP contribution in [0.4, 0.5) is 11.4 Å². The van der Waals surface area contributed by atoms with Crippen LogP contribution in [0, 0.1) is 0 Å². The first-order valence-electron chi connectivity index (χ1n) is 6.27. The van der Waals surface area contributed by atoms with Gasteiger partial charge in [-0.1, -0.05) is 6.92 Å². The molecule has 0 aromatic heterocycles. The first-order valence-corrected chi connectivity index (χ1v) is 6.68. The molecule has 0 saturated carbocycles. The van der Waals surface area contributed by atoms with E-state index in [2.05, 4.69) is 28.0 Å². The highest BCUT2D eigenvalue weighted by Gasteiger charge is 2.09. The number of nitrogens with one attached hydrogen (secondary N) is 3. The molecule has 6 nitrogen and oxygen atoms in total. The summed E-state index contributed by atoms with van der Waals surface area (Å²) < 4.78 is 5.36. The minimum Gasteiger partial charge on any atom is -0.495 e. The van der Waals surface area contributed by atoms with Gasteiger partial charge in [0.05, 0.1) is 12.8 Å². The molecule has 110 valence electrons. The van der Waals surface area contributed by atoms with Crippen molar-refractivity contribution < 1.29 is 9.53 Å². The van der Waals surface area contributed by atoms with Gasteiger partial charge in [0, 0.05) is 19.3 Å². The van der Waals surface area contributed by atoms with Crippen molar-refractivity contribution in [2.75, 3.05) is 30.9 Å². The van der Waals surface area contributed by atoms with Gasteiger partial charge in [0.2, 0.25) is 6.41 Å². The zero-order chi connectivity index (χ0) is 15.0. The summed E-state index contributed by atoms with van der Waals surface area (Å²) in [6.07, 6.45) is 1.56. The zero-order valence-corrected chi connectivity index (χ0v) is 12.7. The van der Waals surface area contributed by atoms with Gasteiger partial charge in [0.1, 0.15) is 5.75 Å². The van der Waals surface area contributed by atoms with Gasteiger partial charge < -0.3 is 15.0 Å². The Kier molecular flexibility index (Phi) is 6.58. The molecule has 0 aliphatic carbocycles. The lowest BCUT2D eigenvalue weighted by atomic mass is 10.2. The minimum atomic E-state index is 0.311. The number of rotatable bonds is 7. The van der Waals surface area contributed by atoms with E-state index in [-0.39, 0.29) is 0 Å². The summed E-state index contributed by atoms with van der Waals surface area (Å²) in [6, 6.07) is 5.68. The standard InChI is InChI=1S/C13H20N4O2S/c1-4-7-17(2)11-8-10(5-6-12(11)19-3)15-13(20)16-14-9-18/h5-6,8-9H,4,7H2,1-3H3,(H,14,18)(H2,15,16,20). The average molecular weight is 296 g/mol. The lowest BCUT2D eigenvalue weighted by Crippen LogP contribution is -2.39. The number of carbonyl (C=O) groups is 1. The van der Waals surface area contributed by atoms with Gasteiger partial charge in [-0.3, -0.25) is 15.6 Å². The van der Waals surface area contributed by atoms with Crippen molar-refractivity contribution >= 4 is 35.1 Å². The molecule has 0 aliphatic rings. The van der Waals surface area contributed by atoms with Gasteiger partial charge in [-0.25, -0.2) is 0 Å². The molecule has 1 rings (SSSR count). The molecule has 1 aromatic carbocycles. The summed E-state index contributed by atoms with van der Waals surface area (Å²) in [5, 5.41) is 3.29. The van der Waals surface area contributed by atoms with Crippen LogP contribution in [-0.2, 0) is 4.79 Å². The van der Waals surface area contributed by atoms with Crippen LogP contribution in [-0.4, -0.2) is 32.2 Å². The molecule has 1 amide bonds. The summed E-state index contributed by atoms with van der Waals surface area (Å²) >= 11 is 5.03. The summed E-state index contributed by atoms with van der Waals surface area (Å²) in [4.78, 5) is 12.3. The second kappa shape index (κ2) is 8.21. The Bertz CT molecular complexity index is 468. The predicted molar refractivity (Wildman–Crippen MR) is 85.1 cm³/mol. The molecule has 3 N–H and O–H groups in total. The highest BCUT2D eigenvalue weighted by molar-refractivity contribution is 7.80. The van der Waals surface area contributed by atoms with Crippen molar-refractivity contribution in [2.45, 2.75) is 13.3 Å². The van der Waals surface area contributed by atoms with Crippen LogP contribution in [0.2, 0.25) is 0 Å². The maximum absolute atomic E-state index is 10.2. The van der Waals surface area contributed by atoms with Gasteiger partial charge in [-0.2, -0.15) is 0 Å². The van der Waals surface area contributed by atoms with Crippen LogP contribution < -0.4 is 25.8 Å². The topological polar surface area (TPSA) is 65.6 Å². The summed E-state index contributed by atoms with van der Waals surface area (Å²) in [7, 11) is 3.65. The van der Waals surface area contributed by atoms with Gasteiger partial charge in [0.15, 0.2) is 5.11 Å². The second-order valence-electron chi connectivity index (χ2n) is 4.15. The van der Waals surface area contributed by atoms with Crippen molar-refractivity contribution in [2.24, 2.45) is 0 Å². The fourth-order valence-electron chi connectivity index (χ4n) is 1.78. The summed E-state index contributed by atoms with van der Waals surface area (Å²) in [6.45, 7) is 3.05. The van der Waals surface area contributed by atoms with Crippen molar-refractivity contribution in [3.05, 3.63) is 18.2 Å². The normalized spacial score (nSPS) is 9.55. The Morgan fingerprint density at radius 3 is 2.85 bits per heavy atom. The summed E-state index contributed by atoms with van der Waals surface area (Å²) in [5.74, 6) is 0.802. The Labute approximate surface area is 124 Å². The number of hydrogen-bond acceptors (Lipinski definition) is 4. The molecular formula is C13H20N4O2S. The Morgan fingerprint density at radius 2 is 2.25 bits per heavy atom. The van der Waals surface area contributed by atoms with Crippen LogP contribution in [0.3, 0.4) is 0 Å². The number of carbonyl (C=O) groups excluding carboxylic acids is 1. The van der Waals surface area contributed by atoms with Gasteiger partial charge in [0.25, 0.3) is 0 Å². The molecule has 1 aromatic rings. The fourth-order valence-corrected chi connectivity index (χ4v) is 1.96. The molecular weight excluding hydrogens is 276 g/mol. The number of ether oxygens (including phenoxy) is 1. The Hall–Kier alpha value is -2.02. The molecule has 7 heteroatoms. The predicted octanol–water partition coefficient (Wildman–Crippen LogP) is 1.49. The molecule has 0 saturated heterocycles. The lowest BCUT2D eigenvalue weighted by Gasteiger charge is -2.22. The van der Waals surface area contributed by atoms with Crippen LogP contribution in [0.5, 0.6) is 5.75 Å². The Balaban J connectivity index is 2.86. The number of hydrogen-bond donors (Lipinski definition) is 3. The van der Waals surface area contributed by atoms with E-state index >= 15 is 0 Å².